The van der Waals surface area contributed by atoms with E-state index in [4.69, 9.17) is 0 Å². The van der Waals surface area contributed by atoms with E-state index < -0.39 is 6.36 Å². The number of benzene rings is 3. The number of para-hydroxylation sites is 1. The van der Waals surface area contributed by atoms with Gasteiger partial charge in [0.15, 0.2) is 11.0 Å². The van der Waals surface area contributed by atoms with E-state index in [-0.39, 0.29) is 29.2 Å². The van der Waals surface area contributed by atoms with Gasteiger partial charge < -0.3 is 4.74 Å². The highest BCUT2D eigenvalue weighted by Gasteiger charge is 2.32. The molecule has 5 rings (SSSR count). The number of nitrogens with zero attached hydrogens (tertiary/aromatic N) is 5. The van der Waals surface area contributed by atoms with Crippen molar-refractivity contribution in [2.45, 2.75) is 51.8 Å². The summed E-state index contributed by atoms with van der Waals surface area (Å²) in [6.07, 6.45) is -0.730. The maximum atomic E-state index is 12.7. The van der Waals surface area contributed by atoms with Gasteiger partial charge in [0, 0.05) is 12.0 Å². The van der Waals surface area contributed by atoms with Gasteiger partial charge in [-0.3, -0.25) is 14.5 Å². The molecule has 8 nitrogen and oxygen atoms in total. The fraction of sp³-hybridized carbons (Fsp3) is 0.281. The second-order valence-corrected chi connectivity index (χ2v) is 11.4. The molecule has 0 atom stereocenters. The number of hydrogen-bond acceptors (Lipinski definition) is 6. The van der Waals surface area contributed by atoms with Crippen molar-refractivity contribution in [3.8, 4) is 22.8 Å². The molecule has 12 heteroatoms. The number of rotatable bonds is 10. The Morgan fingerprint density at radius 1 is 1.02 bits per heavy atom. The predicted molar refractivity (Wildman–Crippen MR) is 164 cm³/mol. The zero-order valence-corrected chi connectivity index (χ0v) is 24.9. The average molecular weight is 622 g/mol. The number of anilines is 1. The second kappa shape index (κ2) is 13.5. The number of carbonyl (C=O) groups excluding carboxylic acids is 2. The van der Waals surface area contributed by atoms with E-state index in [2.05, 4.69) is 33.7 Å². The number of halogens is 3. The molecule has 0 N–H and O–H groups in total. The maximum Gasteiger partial charge on any atom is 0.573 e. The standard InChI is InChI=1S/C32H30F3N5O3S/c1-21(2)26-8-4-5-9-27(26)40-29(42)19-44-31(40)37-28(41)10-6-3-7-22-11-13-23(14-12-22)30-36-20-39(38-30)24-15-17-25(18-16-24)43-32(33,34)35/h4-5,8-9,11-18,20-21H,3,6-7,10,19H2,1-2H3. The number of aliphatic imine (C=N–C) groups is 1. The predicted octanol–water partition coefficient (Wildman–Crippen LogP) is 7.33. The number of hydrogen-bond donors (Lipinski definition) is 0. The minimum absolute atomic E-state index is 0.0753. The van der Waals surface area contributed by atoms with E-state index in [1.807, 2.05) is 48.5 Å². The van der Waals surface area contributed by atoms with Crippen molar-refractivity contribution in [3.63, 3.8) is 0 Å². The lowest BCUT2D eigenvalue weighted by molar-refractivity contribution is -0.274. The number of carbonyl (C=O) groups is 2. The highest BCUT2D eigenvalue weighted by Crippen LogP contribution is 2.33. The molecule has 2 heterocycles. The van der Waals surface area contributed by atoms with E-state index in [1.54, 1.807) is 4.90 Å². The molecule has 3 aromatic carbocycles. The number of ether oxygens (including phenoxy) is 1. The number of unbranched alkanes of at least 4 members (excludes halogenated alkanes) is 1. The van der Waals surface area contributed by atoms with Gasteiger partial charge >= 0.3 is 6.36 Å². The second-order valence-electron chi connectivity index (χ2n) is 10.5. The Labute approximate surface area is 257 Å². The topological polar surface area (TPSA) is 89.7 Å². The van der Waals surface area contributed by atoms with Gasteiger partial charge in [-0.05, 0) is 66.6 Å². The SMILES string of the molecule is CC(C)c1ccccc1N1C(=O)CSC1=NC(=O)CCCCc1ccc(-c2ncn(-c3ccc(OC(F)(F)F)cc3)n2)cc1. The number of amidine groups is 1. The first-order chi connectivity index (χ1) is 21.1. The van der Waals surface area contributed by atoms with Crippen LogP contribution in [0.2, 0.25) is 0 Å². The Balaban J connectivity index is 1.12. The minimum atomic E-state index is -4.75. The summed E-state index contributed by atoms with van der Waals surface area (Å²) < 4.78 is 42.6. The van der Waals surface area contributed by atoms with Gasteiger partial charge in [-0.1, -0.05) is 68.1 Å². The van der Waals surface area contributed by atoms with Gasteiger partial charge in [0.05, 0.1) is 17.1 Å². The summed E-state index contributed by atoms with van der Waals surface area (Å²) in [5.41, 5.74) is 4.25. The van der Waals surface area contributed by atoms with E-state index in [9.17, 15) is 22.8 Å². The highest BCUT2D eigenvalue weighted by atomic mass is 32.2. The summed E-state index contributed by atoms with van der Waals surface area (Å²) in [7, 11) is 0. The van der Waals surface area contributed by atoms with Gasteiger partial charge in [-0.2, -0.15) is 4.99 Å². The molecule has 0 spiro atoms. The molecule has 1 aliphatic rings. The minimum Gasteiger partial charge on any atom is -0.406 e. The van der Waals surface area contributed by atoms with Crippen LogP contribution in [0.4, 0.5) is 18.9 Å². The van der Waals surface area contributed by atoms with E-state index in [0.29, 0.717) is 29.5 Å². The van der Waals surface area contributed by atoms with E-state index in [1.165, 1.54) is 47.0 Å². The van der Waals surface area contributed by atoms with Crippen LogP contribution in [0.1, 0.15) is 50.2 Å². The summed E-state index contributed by atoms with van der Waals surface area (Å²) >= 11 is 1.29. The maximum absolute atomic E-state index is 12.7. The number of amides is 2. The third-order valence-electron chi connectivity index (χ3n) is 6.93. The van der Waals surface area contributed by atoms with Crippen LogP contribution in [-0.4, -0.2) is 43.9 Å². The Kier molecular flexibility index (Phi) is 9.48. The molecular formula is C32H30F3N5O3S. The summed E-state index contributed by atoms with van der Waals surface area (Å²) in [6.45, 7) is 4.14. The molecule has 228 valence electrons. The lowest BCUT2D eigenvalue weighted by atomic mass is 10.0. The Morgan fingerprint density at radius 2 is 1.75 bits per heavy atom. The van der Waals surface area contributed by atoms with Crippen LogP contribution in [0, 0.1) is 0 Å². The number of alkyl halides is 3. The van der Waals surface area contributed by atoms with Gasteiger partial charge in [-0.25, -0.2) is 9.67 Å². The van der Waals surface area contributed by atoms with Crippen molar-refractivity contribution in [2.24, 2.45) is 4.99 Å². The van der Waals surface area contributed by atoms with Gasteiger partial charge in [0.1, 0.15) is 12.1 Å². The third kappa shape index (κ3) is 7.73. The van der Waals surface area contributed by atoms with Crippen LogP contribution < -0.4 is 9.64 Å². The number of thioether (sulfide) groups is 1. The fourth-order valence-corrected chi connectivity index (χ4v) is 5.65. The van der Waals surface area contributed by atoms with Gasteiger partial charge in [0.2, 0.25) is 11.8 Å². The Morgan fingerprint density at radius 3 is 2.45 bits per heavy atom. The highest BCUT2D eigenvalue weighted by molar-refractivity contribution is 8.15. The lowest BCUT2D eigenvalue weighted by Crippen LogP contribution is -2.30. The summed E-state index contributed by atoms with van der Waals surface area (Å²) in [6, 6.07) is 20.9. The number of aromatic nitrogens is 3. The molecule has 4 aromatic rings. The van der Waals surface area contributed by atoms with Gasteiger partial charge in [0.25, 0.3) is 0 Å². The Bertz CT molecular complexity index is 1650. The van der Waals surface area contributed by atoms with Crippen molar-refractivity contribution in [1.29, 1.82) is 0 Å². The molecule has 1 fully saturated rings. The van der Waals surface area contributed by atoms with E-state index >= 15 is 0 Å². The normalized spacial score (nSPS) is 14.5. The summed E-state index contributed by atoms with van der Waals surface area (Å²) in [5, 5.41) is 4.87. The molecule has 0 radical (unpaired) electrons. The zero-order chi connectivity index (χ0) is 31.3. The molecule has 44 heavy (non-hydrogen) atoms. The van der Waals surface area contributed by atoms with Gasteiger partial charge in [-0.15, -0.1) is 18.3 Å². The molecule has 1 aliphatic heterocycles. The van der Waals surface area contributed by atoms with Crippen LogP contribution in [0.15, 0.2) is 84.1 Å². The Hall–Kier alpha value is -4.45. The van der Waals surface area contributed by atoms with Crippen molar-refractivity contribution in [3.05, 3.63) is 90.3 Å². The van der Waals surface area contributed by atoms with E-state index in [0.717, 1.165) is 35.2 Å². The third-order valence-corrected chi connectivity index (χ3v) is 7.85. The molecule has 1 saturated heterocycles. The molecule has 0 saturated carbocycles. The lowest BCUT2D eigenvalue weighted by Gasteiger charge is -2.21. The fourth-order valence-electron chi connectivity index (χ4n) is 4.77. The first-order valence-electron chi connectivity index (χ1n) is 14.1. The summed E-state index contributed by atoms with van der Waals surface area (Å²) in [5.74, 6) is 0.333. The first-order valence-corrected chi connectivity index (χ1v) is 15.1. The first kappa shape index (κ1) is 31.0. The van der Waals surface area contributed by atoms with Crippen LogP contribution in [0.3, 0.4) is 0 Å². The molecular weight excluding hydrogens is 591 g/mol. The quantitative estimate of drug-likeness (QED) is 0.172. The number of aryl methyl sites for hydroxylation is 1. The van der Waals surface area contributed by atoms with Crippen LogP contribution >= 0.6 is 11.8 Å². The monoisotopic (exact) mass is 621 g/mol. The van der Waals surface area contributed by atoms with Crippen molar-refractivity contribution in [1.82, 2.24) is 14.8 Å². The van der Waals surface area contributed by atoms with Crippen molar-refractivity contribution < 1.29 is 27.5 Å². The molecule has 0 aliphatic carbocycles. The summed E-state index contributed by atoms with van der Waals surface area (Å²) in [4.78, 5) is 35.5. The van der Waals surface area contributed by atoms with Crippen LogP contribution in [-0.2, 0) is 16.0 Å². The van der Waals surface area contributed by atoms with Crippen LogP contribution in [0.5, 0.6) is 5.75 Å². The molecule has 1 aromatic heterocycles. The van der Waals surface area contributed by atoms with Crippen molar-refractivity contribution >= 4 is 34.4 Å². The molecule has 2 amide bonds. The smallest absolute Gasteiger partial charge is 0.406 e. The van der Waals surface area contributed by atoms with Crippen molar-refractivity contribution in [2.75, 3.05) is 10.7 Å². The average Bonchev–Trinajstić information content (AvgIpc) is 3.62. The molecule has 0 unspecified atom stereocenters. The molecule has 0 bridgehead atoms. The van der Waals surface area contributed by atoms with Crippen LogP contribution in [0.25, 0.3) is 17.1 Å². The zero-order valence-electron chi connectivity index (χ0n) is 24.1. The largest absolute Gasteiger partial charge is 0.573 e.